The van der Waals surface area contributed by atoms with Crippen LogP contribution >= 0.6 is 0 Å². The summed E-state index contributed by atoms with van der Waals surface area (Å²) < 4.78 is 7.01. The van der Waals surface area contributed by atoms with Crippen molar-refractivity contribution in [2.24, 2.45) is 5.41 Å². The van der Waals surface area contributed by atoms with Crippen molar-refractivity contribution in [3.8, 4) is 6.07 Å². The molecule has 0 bridgehead atoms. The summed E-state index contributed by atoms with van der Waals surface area (Å²) in [5, 5.41) is 23.8. The number of nitrogens with zero attached hydrogens (tertiary/aromatic N) is 3. The van der Waals surface area contributed by atoms with Crippen LogP contribution < -0.4 is 0 Å². The molecule has 1 aliphatic heterocycles. The predicted octanol–water partition coefficient (Wildman–Crippen LogP) is 1.26. The van der Waals surface area contributed by atoms with Gasteiger partial charge in [-0.25, -0.2) is 0 Å². The van der Waals surface area contributed by atoms with Crippen LogP contribution in [0.25, 0.3) is 0 Å². The first-order valence-corrected chi connectivity index (χ1v) is 5.91. The Balaban J connectivity index is 2.22. The predicted molar refractivity (Wildman–Crippen MR) is 61.0 cm³/mol. The highest BCUT2D eigenvalue weighted by atomic mass is 16.5. The molecular formula is C12H17N3O2. The van der Waals surface area contributed by atoms with Crippen molar-refractivity contribution >= 4 is 0 Å². The van der Waals surface area contributed by atoms with Crippen LogP contribution in [0.5, 0.6) is 0 Å². The quantitative estimate of drug-likeness (QED) is 0.856. The lowest BCUT2D eigenvalue weighted by Gasteiger charge is -2.34. The summed E-state index contributed by atoms with van der Waals surface area (Å²) in [6, 6.07) is 2.28. The molecule has 1 atom stereocenters. The minimum absolute atomic E-state index is 0.534. The van der Waals surface area contributed by atoms with Crippen LogP contribution in [0.15, 0.2) is 12.4 Å². The van der Waals surface area contributed by atoms with Gasteiger partial charge in [-0.15, -0.1) is 0 Å². The number of aromatic nitrogens is 2. The summed E-state index contributed by atoms with van der Waals surface area (Å²) in [5.74, 6) is 0. The molecule has 0 aromatic carbocycles. The molecule has 92 valence electrons. The van der Waals surface area contributed by atoms with Gasteiger partial charge in [-0.2, -0.15) is 10.4 Å². The summed E-state index contributed by atoms with van der Waals surface area (Å²) in [5.41, 5.74) is -0.00450. The molecule has 0 spiro atoms. The summed E-state index contributed by atoms with van der Waals surface area (Å²) in [4.78, 5) is 0. The Hall–Kier alpha value is -1.38. The van der Waals surface area contributed by atoms with E-state index in [1.54, 1.807) is 17.1 Å². The molecule has 1 unspecified atom stereocenters. The van der Waals surface area contributed by atoms with E-state index in [9.17, 15) is 10.4 Å². The van der Waals surface area contributed by atoms with Crippen LogP contribution in [-0.2, 0) is 11.3 Å². The van der Waals surface area contributed by atoms with E-state index in [0.29, 0.717) is 26.1 Å². The number of aliphatic hydroxyl groups is 1. The van der Waals surface area contributed by atoms with Crippen molar-refractivity contribution in [2.75, 3.05) is 13.2 Å². The van der Waals surface area contributed by atoms with E-state index in [1.165, 1.54) is 0 Å². The molecule has 1 N–H and O–H groups in total. The molecular weight excluding hydrogens is 218 g/mol. The van der Waals surface area contributed by atoms with Gasteiger partial charge in [-0.05, 0) is 19.8 Å². The second-order valence-corrected chi connectivity index (χ2v) is 4.41. The van der Waals surface area contributed by atoms with Gasteiger partial charge in [-0.1, -0.05) is 0 Å². The SMILES string of the molecule is CCn1cc(C(O)C2(C#N)CCOCC2)cn1. The maximum Gasteiger partial charge on any atom is 0.101 e. The van der Waals surface area contributed by atoms with Gasteiger partial charge >= 0.3 is 0 Å². The molecule has 1 saturated heterocycles. The first kappa shape index (κ1) is 12.1. The first-order valence-electron chi connectivity index (χ1n) is 5.91. The lowest BCUT2D eigenvalue weighted by Crippen LogP contribution is -2.34. The zero-order valence-electron chi connectivity index (χ0n) is 9.96. The van der Waals surface area contributed by atoms with Gasteiger partial charge in [-0.3, -0.25) is 4.68 Å². The second kappa shape index (κ2) is 4.86. The van der Waals surface area contributed by atoms with E-state index in [1.807, 2.05) is 6.92 Å². The standard InChI is InChI=1S/C12H17N3O2/c1-2-15-8-10(7-14-15)11(16)12(9-13)3-5-17-6-4-12/h7-8,11,16H,2-6H2,1H3. The fourth-order valence-corrected chi connectivity index (χ4v) is 2.19. The molecule has 1 fully saturated rings. The van der Waals surface area contributed by atoms with E-state index in [2.05, 4.69) is 11.2 Å². The van der Waals surface area contributed by atoms with E-state index < -0.39 is 11.5 Å². The summed E-state index contributed by atoms with van der Waals surface area (Å²) >= 11 is 0. The summed E-state index contributed by atoms with van der Waals surface area (Å²) in [7, 11) is 0. The fraction of sp³-hybridized carbons (Fsp3) is 0.667. The maximum atomic E-state index is 10.4. The first-order chi connectivity index (χ1) is 8.22. The highest BCUT2D eigenvalue weighted by molar-refractivity contribution is 5.18. The van der Waals surface area contributed by atoms with Crippen molar-refractivity contribution < 1.29 is 9.84 Å². The smallest absolute Gasteiger partial charge is 0.101 e. The molecule has 1 aromatic rings. The topological polar surface area (TPSA) is 71.1 Å². The van der Waals surface area contributed by atoms with Crippen molar-refractivity contribution in [2.45, 2.75) is 32.4 Å². The van der Waals surface area contributed by atoms with Gasteiger partial charge in [0.15, 0.2) is 0 Å². The highest BCUT2D eigenvalue weighted by Gasteiger charge is 2.41. The number of ether oxygens (including phenoxy) is 1. The molecule has 17 heavy (non-hydrogen) atoms. The molecule has 0 radical (unpaired) electrons. The third-order valence-electron chi connectivity index (χ3n) is 3.42. The Morgan fingerprint density at radius 1 is 1.65 bits per heavy atom. The van der Waals surface area contributed by atoms with Crippen LogP contribution in [0.3, 0.4) is 0 Å². The number of nitriles is 1. The van der Waals surface area contributed by atoms with Crippen molar-refractivity contribution in [3.63, 3.8) is 0 Å². The minimum atomic E-state index is -0.781. The number of aryl methyl sites for hydroxylation is 1. The fourth-order valence-electron chi connectivity index (χ4n) is 2.19. The van der Waals surface area contributed by atoms with Crippen LogP contribution in [0, 0.1) is 16.7 Å². The average molecular weight is 235 g/mol. The van der Waals surface area contributed by atoms with Crippen molar-refractivity contribution in [3.05, 3.63) is 18.0 Å². The third kappa shape index (κ3) is 2.19. The van der Waals surface area contributed by atoms with E-state index in [0.717, 1.165) is 12.1 Å². The number of rotatable bonds is 3. The molecule has 5 nitrogen and oxygen atoms in total. The van der Waals surface area contributed by atoms with Gasteiger partial charge in [0.25, 0.3) is 0 Å². The molecule has 0 saturated carbocycles. The third-order valence-corrected chi connectivity index (χ3v) is 3.42. The zero-order chi connectivity index (χ0) is 12.3. The molecule has 5 heteroatoms. The molecule has 2 rings (SSSR count). The Labute approximate surface area is 101 Å². The van der Waals surface area contributed by atoms with Gasteiger partial charge in [0, 0.05) is 31.5 Å². The normalized spacial score (nSPS) is 20.8. The highest BCUT2D eigenvalue weighted by Crippen LogP contribution is 2.41. The van der Waals surface area contributed by atoms with Gasteiger partial charge in [0.05, 0.1) is 17.7 Å². The van der Waals surface area contributed by atoms with Gasteiger partial charge in [0.2, 0.25) is 0 Å². The average Bonchev–Trinajstić information content (AvgIpc) is 2.87. The second-order valence-electron chi connectivity index (χ2n) is 4.41. The number of hydrogen-bond acceptors (Lipinski definition) is 4. The van der Waals surface area contributed by atoms with Crippen LogP contribution in [0.1, 0.15) is 31.4 Å². The van der Waals surface area contributed by atoms with Crippen molar-refractivity contribution in [1.29, 1.82) is 5.26 Å². The number of aliphatic hydroxyl groups excluding tert-OH is 1. The Bertz CT molecular complexity index is 416. The van der Waals surface area contributed by atoms with Crippen LogP contribution in [0.2, 0.25) is 0 Å². The Kier molecular flexibility index (Phi) is 3.46. The molecule has 1 aliphatic rings. The Morgan fingerprint density at radius 3 is 2.88 bits per heavy atom. The molecule has 1 aromatic heterocycles. The maximum absolute atomic E-state index is 10.4. The van der Waals surface area contributed by atoms with Gasteiger partial charge < -0.3 is 9.84 Å². The lowest BCUT2D eigenvalue weighted by molar-refractivity contribution is -0.0310. The summed E-state index contributed by atoms with van der Waals surface area (Å²) in [6.07, 6.45) is 3.81. The largest absolute Gasteiger partial charge is 0.387 e. The van der Waals surface area contributed by atoms with Crippen LogP contribution in [0.4, 0.5) is 0 Å². The molecule has 0 amide bonds. The van der Waals surface area contributed by atoms with E-state index in [4.69, 9.17) is 4.74 Å². The monoisotopic (exact) mass is 235 g/mol. The number of hydrogen-bond donors (Lipinski definition) is 1. The Morgan fingerprint density at radius 2 is 2.35 bits per heavy atom. The van der Waals surface area contributed by atoms with Crippen LogP contribution in [-0.4, -0.2) is 28.1 Å². The molecule has 0 aliphatic carbocycles. The zero-order valence-corrected chi connectivity index (χ0v) is 9.96. The summed E-state index contributed by atoms with van der Waals surface area (Å²) in [6.45, 7) is 3.81. The van der Waals surface area contributed by atoms with E-state index in [-0.39, 0.29) is 0 Å². The lowest BCUT2D eigenvalue weighted by atomic mass is 9.75. The molecule has 2 heterocycles. The van der Waals surface area contributed by atoms with E-state index >= 15 is 0 Å². The van der Waals surface area contributed by atoms with Gasteiger partial charge in [0.1, 0.15) is 6.10 Å². The minimum Gasteiger partial charge on any atom is -0.387 e. The van der Waals surface area contributed by atoms with Crippen molar-refractivity contribution in [1.82, 2.24) is 9.78 Å².